The van der Waals surface area contributed by atoms with Gasteiger partial charge in [0.2, 0.25) is 5.91 Å². The molecule has 2 aliphatic heterocycles. The number of unbranched alkanes of at least 4 members (excludes halogenated alkanes) is 45. The van der Waals surface area contributed by atoms with Crippen LogP contribution in [-0.2, 0) is 23.7 Å². The maximum atomic E-state index is 13.4. The van der Waals surface area contributed by atoms with E-state index in [1.165, 1.54) is 257 Å². The number of aliphatic hydroxyl groups is 8. The molecule has 84 heavy (non-hydrogen) atoms. The van der Waals surface area contributed by atoms with Crippen molar-refractivity contribution in [3.05, 3.63) is 12.2 Å². The van der Waals surface area contributed by atoms with Crippen molar-refractivity contribution in [2.45, 2.75) is 408 Å². The molecule has 9 N–H and O–H groups in total. The summed E-state index contributed by atoms with van der Waals surface area (Å²) in [5, 5.41) is 87.6. The number of carbonyl (C=O) groups is 1. The quantitative estimate of drug-likeness (QED) is 0.0204. The van der Waals surface area contributed by atoms with Crippen molar-refractivity contribution in [2.24, 2.45) is 0 Å². The van der Waals surface area contributed by atoms with Gasteiger partial charge < -0.3 is 65.1 Å². The average Bonchev–Trinajstić information content (AvgIpc) is 3.24. The molecule has 2 heterocycles. The highest BCUT2D eigenvalue weighted by Gasteiger charge is 2.51. The molecule has 1 amide bonds. The van der Waals surface area contributed by atoms with Gasteiger partial charge in [-0.15, -0.1) is 0 Å². The summed E-state index contributed by atoms with van der Waals surface area (Å²) in [6.45, 7) is 2.92. The van der Waals surface area contributed by atoms with Crippen molar-refractivity contribution in [3.63, 3.8) is 0 Å². The molecule has 14 heteroatoms. The number of nitrogens with one attached hydrogen (secondary N) is 1. The van der Waals surface area contributed by atoms with Gasteiger partial charge in [0.05, 0.1) is 32.0 Å². The third-order valence-corrected chi connectivity index (χ3v) is 18.0. The molecule has 2 saturated heterocycles. The third kappa shape index (κ3) is 39.7. The first-order valence-corrected chi connectivity index (χ1v) is 35.9. The standard InChI is InChI=1S/C70H135NO13/c1-3-5-7-9-11-13-15-17-19-21-23-25-26-27-28-29-30-31-32-34-36-38-40-42-44-46-48-50-52-54-62(75)71-58(59(74)53-51-49-47-45-43-41-39-37-35-33-24-22-20-18-16-14-12-10-8-6-4-2)57-81-69-67(80)65(78)68(61(56-73)83-69)84-70-66(79)64(77)63(76)60(55-72)82-70/h21,23,58-61,63-70,72-74,76-80H,3-20,22,24-57H2,1-2H3,(H,71,75)/b23-21-. The zero-order chi connectivity index (χ0) is 60.9. The normalized spacial score (nSPS) is 23.6. The van der Waals surface area contributed by atoms with E-state index in [0.717, 1.165) is 51.4 Å². The van der Waals surface area contributed by atoms with Crippen LogP contribution in [0.1, 0.15) is 335 Å². The number of aliphatic hydroxyl groups excluding tert-OH is 8. The number of amides is 1. The minimum Gasteiger partial charge on any atom is -0.394 e. The highest BCUT2D eigenvalue weighted by Crippen LogP contribution is 2.30. The maximum Gasteiger partial charge on any atom is 0.220 e. The van der Waals surface area contributed by atoms with Gasteiger partial charge in [0.15, 0.2) is 12.6 Å². The second-order valence-corrected chi connectivity index (χ2v) is 25.7. The van der Waals surface area contributed by atoms with Crippen LogP contribution in [-0.4, -0.2) is 140 Å². The highest BCUT2D eigenvalue weighted by molar-refractivity contribution is 5.76. The summed E-state index contributed by atoms with van der Waals surface area (Å²) in [5.41, 5.74) is 0. The fraction of sp³-hybridized carbons (Fsp3) is 0.957. The second-order valence-electron chi connectivity index (χ2n) is 25.7. The average molecular weight is 1200 g/mol. The number of allylic oxidation sites excluding steroid dienone is 2. The minimum atomic E-state index is -1.78. The molecule has 0 aliphatic carbocycles. The van der Waals surface area contributed by atoms with Crippen molar-refractivity contribution in [1.82, 2.24) is 5.32 Å². The molecule has 0 spiro atoms. The fourth-order valence-corrected chi connectivity index (χ4v) is 12.2. The molecular formula is C70H135NO13. The molecule has 14 nitrogen and oxygen atoms in total. The highest BCUT2D eigenvalue weighted by atomic mass is 16.7. The van der Waals surface area contributed by atoms with Gasteiger partial charge in [0.1, 0.15) is 48.8 Å². The molecule has 0 aromatic rings. The Bertz CT molecular complexity index is 1460. The van der Waals surface area contributed by atoms with Crippen LogP contribution in [0.5, 0.6) is 0 Å². The molecule has 2 fully saturated rings. The summed E-state index contributed by atoms with van der Waals surface area (Å²) in [4.78, 5) is 13.4. The summed E-state index contributed by atoms with van der Waals surface area (Å²) < 4.78 is 22.9. The van der Waals surface area contributed by atoms with Crippen LogP contribution in [0.3, 0.4) is 0 Å². The van der Waals surface area contributed by atoms with Gasteiger partial charge in [0.25, 0.3) is 0 Å². The van der Waals surface area contributed by atoms with E-state index in [4.69, 9.17) is 18.9 Å². The Kier molecular flexibility index (Phi) is 52.3. The van der Waals surface area contributed by atoms with E-state index >= 15 is 0 Å². The molecule has 0 saturated carbocycles. The van der Waals surface area contributed by atoms with Gasteiger partial charge in [-0.05, 0) is 38.5 Å². The van der Waals surface area contributed by atoms with Crippen LogP contribution in [0.4, 0.5) is 0 Å². The lowest BCUT2D eigenvalue weighted by atomic mass is 9.97. The van der Waals surface area contributed by atoms with Crippen LogP contribution >= 0.6 is 0 Å². The lowest BCUT2D eigenvalue weighted by Gasteiger charge is -2.46. The number of hydrogen-bond acceptors (Lipinski definition) is 13. The van der Waals surface area contributed by atoms with Gasteiger partial charge in [-0.3, -0.25) is 4.79 Å². The number of ether oxygens (including phenoxy) is 4. The molecule has 498 valence electrons. The van der Waals surface area contributed by atoms with Crippen molar-refractivity contribution in [3.8, 4) is 0 Å². The zero-order valence-corrected chi connectivity index (χ0v) is 54.2. The molecule has 2 aliphatic rings. The molecule has 12 atom stereocenters. The summed E-state index contributed by atoms with van der Waals surface area (Å²) in [5.74, 6) is -0.199. The van der Waals surface area contributed by atoms with Crippen LogP contribution in [0.25, 0.3) is 0 Å². The van der Waals surface area contributed by atoms with Gasteiger partial charge in [0, 0.05) is 6.42 Å². The Morgan fingerprint density at radius 2 is 0.750 bits per heavy atom. The van der Waals surface area contributed by atoms with Gasteiger partial charge >= 0.3 is 0 Å². The second kappa shape index (κ2) is 55.8. The van der Waals surface area contributed by atoms with Gasteiger partial charge in [-0.2, -0.15) is 0 Å². The summed E-state index contributed by atoms with van der Waals surface area (Å²) >= 11 is 0. The summed E-state index contributed by atoms with van der Waals surface area (Å²) in [6, 6.07) is -0.826. The Morgan fingerprint density at radius 3 is 1.13 bits per heavy atom. The number of rotatable bonds is 60. The molecule has 2 rings (SSSR count). The van der Waals surface area contributed by atoms with E-state index in [0.29, 0.717) is 12.8 Å². The predicted octanol–water partition coefficient (Wildman–Crippen LogP) is 14.6. The van der Waals surface area contributed by atoms with Crippen LogP contribution in [0.2, 0.25) is 0 Å². The van der Waals surface area contributed by atoms with Crippen LogP contribution in [0, 0.1) is 0 Å². The van der Waals surface area contributed by atoms with Crippen LogP contribution in [0.15, 0.2) is 12.2 Å². The Labute approximate surface area is 514 Å². The Morgan fingerprint density at radius 1 is 0.417 bits per heavy atom. The number of hydrogen-bond donors (Lipinski definition) is 9. The molecule has 0 aromatic carbocycles. The van der Waals surface area contributed by atoms with Gasteiger partial charge in [-0.1, -0.05) is 302 Å². The molecular weight excluding hydrogens is 1060 g/mol. The lowest BCUT2D eigenvalue weighted by molar-refractivity contribution is -0.359. The van der Waals surface area contributed by atoms with E-state index in [1.54, 1.807) is 0 Å². The van der Waals surface area contributed by atoms with E-state index in [2.05, 4.69) is 31.3 Å². The van der Waals surface area contributed by atoms with E-state index in [9.17, 15) is 45.6 Å². The Hall–Kier alpha value is -1.27. The van der Waals surface area contributed by atoms with Crippen molar-refractivity contribution < 1.29 is 64.6 Å². The van der Waals surface area contributed by atoms with Crippen molar-refractivity contribution in [2.75, 3.05) is 19.8 Å². The van der Waals surface area contributed by atoms with Crippen LogP contribution < -0.4 is 5.32 Å². The van der Waals surface area contributed by atoms with E-state index < -0.39 is 86.8 Å². The first-order valence-electron chi connectivity index (χ1n) is 35.9. The first-order chi connectivity index (χ1) is 41.1. The smallest absolute Gasteiger partial charge is 0.220 e. The first kappa shape index (κ1) is 78.8. The van der Waals surface area contributed by atoms with Crippen molar-refractivity contribution in [1.29, 1.82) is 0 Å². The summed E-state index contributed by atoms with van der Waals surface area (Å²) in [6.07, 6.45) is 50.9. The van der Waals surface area contributed by atoms with E-state index in [1.807, 2.05) is 0 Å². The molecule has 0 radical (unpaired) electrons. The predicted molar refractivity (Wildman–Crippen MR) is 342 cm³/mol. The molecule has 0 aromatic heterocycles. The Balaban J connectivity index is 1.65. The third-order valence-electron chi connectivity index (χ3n) is 18.0. The van der Waals surface area contributed by atoms with Gasteiger partial charge in [-0.25, -0.2) is 0 Å². The number of carbonyl (C=O) groups excluding carboxylic acids is 1. The monoisotopic (exact) mass is 1200 g/mol. The lowest BCUT2D eigenvalue weighted by Crippen LogP contribution is -2.65. The SMILES string of the molecule is CCCCCCCCCC/C=C\CCCCCCCCCCCCCCCCCCCC(=O)NC(COC1OC(CO)C(OC2OC(CO)C(O)C(O)C2O)C(O)C1O)C(O)CCCCCCCCCCCCCCCCCCCCCCC. The topological polar surface area (TPSA) is 228 Å². The summed E-state index contributed by atoms with van der Waals surface area (Å²) in [7, 11) is 0. The fourth-order valence-electron chi connectivity index (χ4n) is 12.2. The van der Waals surface area contributed by atoms with Crippen molar-refractivity contribution >= 4 is 5.91 Å². The molecule has 12 unspecified atom stereocenters. The zero-order valence-electron chi connectivity index (χ0n) is 54.2. The molecule has 0 bridgehead atoms. The minimum absolute atomic E-state index is 0.199. The van der Waals surface area contributed by atoms with E-state index in [-0.39, 0.29) is 12.5 Å². The largest absolute Gasteiger partial charge is 0.394 e. The maximum absolute atomic E-state index is 13.4.